The smallest absolute Gasteiger partial charge is 0.306 e. The summed E-state index contributed by atoms with van der Waals surface area (Å²) in [6, 6.07) is 0. The largest absolute Gasteiger partial charge is 0.462 e. The van der Waals surface area contributed by atoms with E-state index in [1.807, 2.05) is 0 Å². The van der Waals surface area contributed by atoms with Crippen LogP contribution in [0.4, 0.5) is 0 Å². The fourth-order valence-electron chi connectivity index (χ4n) is 11.8. The molecular weight excluding hydrogens is 1020 g/mol. The molecule has 0 aromatic carbocycles. The lowest BCUT2D eigenvalue weighted by molar-refractivity contribution is -0.167. The Hall–Kier alpha value is -2.11. The molecule has 0 spiro atoms. The van der Waals surface area contributed by atoms with Crippen LogP contribution in [-0.4, -0.2) is 37.2 Å². The van der Waals surface area contributed by atoms with Crippen LogP contribution in [0.5, 0.6) is 0 Å². The molecule has 0 fully saturated rings. The van der Waals surface area contributed by atoms with Crippen LogP contribution in [0.15, 0.2) is 24.3 Å². The van der Waals surface area contributed by atoms with Crippen molar-refractivity contribution in [3.05, 3.63) is 24.3 Å². The third kappa shape index (κ3) is 70.5. The number of esters is 3. The van der Waals surface area contributed by atoms with Gasteiger partial charge in [-0.25, -0.2) is 0 Å². The van der Waals surface area contributed by atoms with Crippen molar-refractivity contribution in [2.75, 3.05) is 13.2 Å². The van der Waals surface area contributed by atoms with Gasteiger partial charge in [-0.05, 0) is 51.4 Å². The van der Waals surface area contributed by atoms with Gasteiger partial charge in [0.1, 0.15) is 13.2 Å². The average Bonchev–Trinajstić information content (AvgIpc) is 3.49. The maximum atomic E-state index is 13.0. The van der Waals surface area contributed by atoms with E-state index in [9.17, 15) is 14.4 Å². The van der Waals surface area contributed by atoms with Crippen molar-refractivity contribution < 1.29 is 28.6 Å². The number of allylic oxidation sites excluding steroid dienone is 4. The Balaban J connectivity index is 4.23. The zero-order valence-electron chi connectivity index (χ0n) is 56.5. The molecule has 0 saturated heterocycles. The minimum absolute atomic E-state index is 0.0668. The van der Waals surface area contributed by atoms with Crippen LogP contribution >= 0.6 is 0 Å². The predicted molar refractivity (Wildman–Crippen MR) is 363 cm³/mol. The molecule has 0 rings (SSSR count). The minimum Gasteiger partial charge on any atom is -0.462 e. The van der Waals surface area contributed by atoms with Crippen molar-refractivity contribution in [1.82, 2.24) is 0 Å². The molecule has 1 atom stereocenters. The summed E-state index contributed by atoms with van der Waals surface area (Å²) in [6.45, 7) is 6.72. The van der Waals surface area contributed by atoms with E-state index < -0.39 is 6.10 Å². The van der Waals surface area contributed by atoms with Gasteiger partial charge in [0.15, 0.2) is 6.10 Å². The summed E-state index contributed by atoms with van der Waals surface area (Å²) in [5.74, 6) is -0.838. The molecule has 0 saturated carbocycles. The van der Waals surface area contributed by atoms with Crippen LogP contribution in [0.3, 0.4) is 0 Å². The lowest BCUT2D eigenvalue weighted by Crippen LogP contribution is -2.30. The third-order valence-electron chi connectivity index (χ3n) is 17.5. The van der Waals surface area contributed by atoms with Gasteiger partial charge in [0, 0.05) is 19.3 Å². The number of carbonyl (C=O) groups is 3. The normalized spacial score (nSPS) is 12.1. The highest BCUT2D eigenvalue weighted by Gasteiger charge is 2.20. The SMILES string of the molecule is CCCCCC/C=C\C/C=C\CCCCCCCCCC(=O)OCC(COC(=O)CCCCCCCCCCCCCCCCCCCCCCCCCCCCCC)OC(=O)CCCCCCCCCCCCCCCCCCCCC. The van der Waals surface area contributed by atoms with Gasteiger partial charge in [-0.1, -0.05) is 385 Å². The van der Waals surface area contributed by atoms with E-state index >= 15 is 0 Å². The van der Waals surface area contributed by atoms with Crippen molar-refractivity contribution in [3.63, 3.8) is 0 Å². The van der Waals surface area contributed by atoms with Crippen molar-refractivity contribution in [2.45, 2.75) is 438 Å². The molecular formula is C77H146O6. The van der Waals surface area contributed by atoms with Gasteiger partial charge < -0.3 is 14.2 Å². The average molecular weight is 1170 g/mol. The molecule has 83 heavy (non-hydrogen) atoms. The lowest BCUT2D eigenvalue weighted by atomic mass is 10.0. The second-order valence-electron chi connectivity index (χ2n) is 25.9. The summed E-state index contributed by atoms with van der Waals surface area (Å²) < 4.78 is 17.0. The molecule has 0 aliphatic carbocycles. The number of hydrogen-bond donors (Lipinski definition) is 0. The van der Waals surface area contributed by atoms with E-state index in [1.54, 1.807) is 0 Å². The summed E-state index contributed by atoms with van der Waals surface area (Å²) >= 11 is 0. The first-order valence-corrected chi connectivity index (χ1v) is 37.8. The molecule has 0 amide bonds. The minimum atomic E-state index is -0.772. The fraction of sp³-hybridized carbons (Fsp3) is 0.909. The van der Waals surface area contributed by atoms with Gasteiger partial charge in [0.05, 0.1) is 0 Å². The number of rotatable bonds is 71. The van der Waals surface area contributed by atoms with Gasteiger partial charge in [-0.15, -0.1) is 0 Å². The van der Waals surface area contributed by atoms with Crippen LogP contribution in [0, 0.1) is 0 Å². The maximum Gasteiger partial charge on any atom is 0.306 e. The second-order valence-corrected chi connectivity index (χ2v) is 25.9. The molecule has 1 unspecified atom stereocenters. The summed E-state index contributed by atoms with van der Waals surface area (Å²) in [4.78, 5) is 38.5. The molecule has 0 aromatic rings. The highest BCUT2D eigenvalue weighted by atomic mass is 16.6. The van der Waals surface area contributed by atoms with E-state index in [0.29, 0.717) is 19.3 Å². The highest BCUT2D eigenvalue weighted by molar-refractivity contribution is 5.71. The molecule has 0 aromatic heterocycles. The first-order chi connectivity index (χ1) is 41.0. The number of ether oxygens (including phenoxy) is 3. The molecule has 0 aliphatic heterocycles. The van der Waals surface area contributed by atoms with E-state index in [4.69, 9.17) is 14.2 Å². The first kappa shape index (κ1) is 80.9. The zero-order chi connectivity index (χ0) is 59.9. The van der Waals surface area contributed by atoms with Crippen LogP contribution in [0.1, 0.15) is 432 Å². The van der Waals surface area contributed by atoms with Gasteiger partial charge in [-0.3, -0.25) is 14.4 Å². The predicted octanol–water partition coefficient (Wildman–Crippen LogP) is 26.1. The monoisotopic (exact) mass is 1170 g/mol. The number of unbranched alkanes of at least 4 members (excludes halogenated alkanes) is 56. The summed E-state index contributed by atoms with van der Waals surface area (Å²) in [6.07, 6.45) is 89.4. The standard InChI is InChI=1S/C77H146O6/c1-4-7-10-13-16-19-22-25-28-31-34-35-36-37-38-39-40-41-42-44-46-49-52-55-58-61-64-67-70-76(79)82-73-74(72-81-75(78)69-66-63-60-57-54-51-48-45-33-30-27-24-21-18-15-12-9-6-3)83-77(80)71-68-65-62-59-56-53-50-47-43-32-29-26-23-20-17-14-11-8-5-2/h21,24,30,33,74H,4-20,22-23,25-29,31-32,34-73H2,1-3H3/b24-21-,33-30-. The van der Waals surface area contributed by atoms with Crippen molar-refractivity contribution in [1.29, 1.82) is 0 Å². The fourth-order valence-corrected chi connectivity index (χ4v) is 11.8. The summed E-state index contributed by atoms with van der Waals surface area (Å²) in [5, 5.41) is 0. The van der Waals surface area contributed by atoms with Gasteiger partial charge in [0.2, 0.25) is 0 Å². The Bertz CT molecular complexity index is 1340. The van der Waals surface area contributed by atoms with E-state index in [0.717, 1.165) is 70.6 Å². The van der Waals surface area contributed by atoms with E-state index in [1.165, 1.54) is 321 Å². The Morgan fingerprint density at radius 1 is 0.241 bits per heavy atom. The van der Waals surface area contributed by atoms with Gasteiger partial charge in [-0.2, -0.15) is 0 Å². The third-order valence-corrected chi connectivity index (χ3v) is 17.5. The zero-order valence-corrected chi connectivity index (χ0v) is 56.5. The Kier molecular flexibility index (Phi) is 70.5. The Morgan fingerprint density at radius 3 is 0.675 bits per heavy atom. The van der Waals surface area contributed by atoms with Crippen molar-refractivity contribution in [2.24, 2.45) is 0 Å². The van der Waals surface area contributed by atoms with Crippen LogP contribution < -0.4 is 0 Å². The van der Waals surface area contributed by atoms with Crippen LogP contribution in [0.25, 0.3) is 0 Å². The number of carbonyl (C=O) groups excluding carboxylic acids is 3. The Labute approximate surface area is 519 Å². The summed E-state index contributed by atoms with van der Waals surface area (Å²) in [5.41, 5.74) is 0. The van der Waals surface area contributed by atoms with Crippen LogP contribution in [-0.2, 0) is 28.6 Å². The lowest BCUT2D eigenvalue weighted by Gasteiger charge is -2.18. The molecule has 0 heterocycles. The molecule has 0 bridgehead atoms. The van der Waals surface area contributed by atoms with E-state index in [2.05, 4.69) is 45.1 Å². The first-order valence-electron chi connectivity index (χ1n) is 37.8. The van der Waals surface area contributed by atoms with Crippen molar-refractivity contribution in [3.8, 4) is 0 Å². The molecule has 490 valence electrons. The molecule has 0 aliphatic rings. The van der Waals surface area contributed by atoms with Gasteiger partial charge >= 0.3 is 17.9 Å². The second kappa shape index (κ2) is 72.4. The highest BCUT2D eigenvalue weighted by Crippen LogP contribution is 2.20. The number of hydrogen-bond acceptors (Lipinski definition) is 6. The molecule has 6 heteroatoms. The van der Waals surface area contributed by atoms with Crippen LogP contribution in [0.2, 0.25) is 0 Å². The summed E-state index contributed by atoms with van der Waals surface area (Å²) in [7, 11) is 0. The molecule has 0 N–H and O–H groups in total. The molecule has 0 radical (unpaired) electrons. The topological polar surface area (TPSA) is 78.9 Å². The van der Waals surface area contributed by atoms with E-state index in [-0.39, 0.29) is 31.1 Å². The quantitative estimate of drug-likeness (QED) is 0.0261. The Morgan fingerprint density at radius 2 is 0.434 bits per heavy atom. The molecule has 6 nitrogen and oxygen atoms in total. The van der Waals surface area contributed by atoms with Gasteiger partial charge in [0.25, 0.3) is 0 Å². The maximum absolute atomic E-state index is 13.0. The van der Waals surface area contributed by atoms with Crippen molar-refractivity contribution >= 4 is 17.9 Å².